The van der Waals surface area contributed by atoms with Crippen molar-refractivity contribution >= 4 is 0 Å². The predicted molar refractivity (Wildman–Crippen MR) is 67.0 cm³/mol. The van der Waals surface area contributed by atoms with Crippen molar-refractivity contribution in [3.8, 4) is 5.75 Å². The smallest absolute Gasteiger partial charge is 0.416 e. The fraction of sp³-hybridized carbons (Fsp3) is 0.200. The third kappa shape index (κ3) is 3.98. The number of rotatable bonds is 4. The van der Waals surface area contributed by atoms with Gasteiger partial charge in [-0.1, -0.05) is 18.2 Å². The molecule has 0 spiro atoms. The van der Waals surface area contributed by atoms with E-state index in [0.717, 1.165) is 12.1 Å². The average molecular weight is 284 g/mol. The van der Waals surface area contributed by atoms with Crippen molar-refractivity contribution in [2.75, 3.05) is 6.61 Å². The summed E-state index contributed by atoms with van der Waals surface area (Å²) in [5.41, 5.74) is -0.722. The first-order chi connectivity index (χ1) is 9.45. The number of hydrogen-bond donors (Lipinski definition) is 0. The molecule has 20 heavy (non-hydrogen) atoms. The molecule has 1 nitrogen and oxygen atoms in total. The first-order valence-corrected chi connectivity index (χ1v) is 6.00. The van der Waals surface area contributed by atoms with E-state index in [-0.39, 0.29) is 18.6 Å². The van der Waals surface area contributed by atoms with Crippen LogP contribution < -0.4 is 4.74 Å². The van der Waals surface area contributed by atoms with Crippen LogP contribution >= 0.6 is 0 Å². The summed E-state index contributed by atoms with van der Waals surface area (Å²) in [6.07, 6.45) is -4.34. The average Bonchev–Trinajstić information content (AvgIpc) is 2.38. The molecule has 0 fully saturated rings. The zero-order valence-corrected chi connectivity index (χ0v) is 10.5. The molecule has 106 valence electrons. The first kappa shape index (κ1) is 14.4. The SMILES string of the molecule is Fc1cc(CCOc2ccccc2)cc(C(F)(F)F)c1. The van der Waals surface area contributed by atoms with Gasteiger partial charge in [0, 0.05) is 6.42 Å². The normalized spacial score (nSPS) is 11.4. The Morgan fingerprint density at radius 2 is 1.65 bits per heavy atom. The molecule has 0 aliphatic carbocycles. The van der Waals surface area contributed by atoms with E-state index in [1.165, 1.54) is 0 Å². The summed E-state index contributed by atoms with van der Waals surface area (Å²) in [6.45, 7) is 0.185. The maximum absolute atomic E-state index is 13.2. The molecular weight excluding hydrogens is 272 g/mol. The van der Waals surface area contributed by atoms with Crippen molar-refractivity contribution < 1.29 is 22.3 Å². The maximum Gasteiger partial charge on any atom is 0.416 e. The second-order valence-corrected chi connectivity index (χ2v) is 4.26. The van der Waals surface area contributed by atoms with Gasteiger partial charge in [-0.25, -0.2) is 4.39 Å². The van der Waals surface area contributed by atoms with Crippen LogP contribution in [0.1, 0.15) is 11.1 Å². The van der Waals surface area contributed by atoms with Crippen LogP contribution in [-0.2, 0) is 12.6 Å². The van der Waals surface area contributed by atoms with Crippen LogP contribution in [0.4, 0.5) is 17.6 Å². The first-order valence-electron chi connectivity index (χ1n) is 6.00. The van der Waals surface area contributed by atoms with Crippen molar-refractivity contribution in [2.24, 2.45) is 0 Å². The molecule has 0 aliphatic heterocycles. The lowest BCUT2D eigenvalue weighted by Gasteiger charge is -2.10. The van der Waals surface area contributed by atoms with Crippen LogP contribution in [0, 0.1) is 5.82 Å². The summed E-state index contributed by atoms with van der Waals surface area (Å²) >= 11 is 0. The highest BCUT2D eigenvalue weighted by Crippen LogP contribution is 2.30. The molecule has 0 bridgehead atoms. The number of ether oxygens (including phenoxy) is 1. The Balaban J connectivity index is 2.01. The van der Waals surface area contributed by atoms with Crippen molar-refractivity contribution in [1.82, 2.24) is 0 Å². The van der Waals surface area contributed by atoms with Gasteiger partial charge in [-0.3, -0.25) is 0 Å². The highest BCUT2D eigenvalue weighted by molar-refractivity contribution is 5.27. The zero-order chi connectivity index (χ0) is 14.6. The predicted octanol–water partition coefficient (Wildman–Crippen LogP) is 4.47. The third-order valence-electron chi connectivity index (χ3n) is 2.69. The topological polar surface area (TPSA) is 9.23 Å². The molecule has 2 aromatic carbocycles. The Morgan fingerprint density at radius 3 is 2.30 bits per heavy atom. The van der Waals surface area contributed by atoms with E-state index in [1.807, 2.05) is 6.07 Å². The van der Waals surface area contributed by atoms with Gasteiger partial charge in [0.05, 0.1) is 12.2 Å². The van der Waals surface area contributed by atoms with E-state index in [9.17, 15) is 17.6 Å². The molecule has 2 aromatic rings. The molecule has 0 radical (unpaired) electrons. The lowest BCUT2D eigenvalue weighted by Crippen LogP contribution is -2.08. The Kier molecular flexibility index (Phi) is 4.27. The number of halogens is 4. The highest BCUT2D eigenvalue weighted by Gasteiger charge is 2.31. The van der Waals surface area contributed by atoms with Gasteiger partial charge in [0.2, 0.25) is 0 Å². The summed E-state index contributed by atoms with van der Waals surface area (Å²) in [4.78, 5) is 0. The van der Waals surface area contributed by atoms with Crippen LogP contribution in [0.25, 0.3) is 0 Å². The Morgan fingerprint density at radius 1 is 0.950 bits per heavy atom. The fourth-order valence-electron chi connectivity index (χ4n) is 1.76. The van der Waals surface area contributed by atoms with E-state index < -0.39 is 17.6 Å². The zero-order valence-electron chi connectivity index (χ0n) is 10.5. The molecule has 0 saturated heterocycles. The summed E-state index contributed by atoms with van der Waals surface area (Å²) in [5, 5.41) is 0. The highest BCUT2D eigenvalue weighted by atomic mass is 19.4. The van der Waals surface area contributed by atoms with Gasteiger partial charge in [0.15, 0.2) is 0 Å². The van der Waals surface area contributed by atoms with E-state index in [2.05, 4.69) is 0 Å². The van der Waals surface area contributed by atoms with E-state index in [0.29, 0.717) is 11.8 Å². The Bertz CT molecular complexity index is 564. The molecule has 0 heterocycles. The minimum Gasteiger partial charge on any atom is -0.493 e. The van der Waals surface area contributed by atoms with Gasteiger partial charge in [0.25, 0.3) is 0 Å². The molecule has 5 heteroatoms. The summed E-state index contributed by atoms with van der Waals surface area (Å²) < 4.78 is 56.2. The number of benzene rings is 2. The van der Waals surface area contributed by atoms with Crippen LogP contribution in [0.2, 0.25) is 0 Å². The maximum atomic E-state index is 13.2. The van der Waals surface area contributed by atoms with E-state index >= 15 is 0 Å². The third-order valence-corrected chi connectivity index (χ3v) is 2.69. The van der Waals surface area contributed by atoms with Crippen LogP contribution in [0.15, 0.2) is 48.5 Å². The lowest BCUT2D eigenvalue weighted by molar-refractivity contribution is -0.137. The quantitative estimate of drug-likeness (QED) is 0.753. The van der Waals surface area contributed by atoms with Crippen molar-refractivity contribution in [3.63, 3.8) is 0 Å². The number of hydrogen-bond acceptors (Lipinski definition) is 1. The molecule has 0 unspecified atom stereocenters. The standard InChI is InChI=1S/C15H12F4O/c16-13-9-11(8-12(10-13)15(17,18)19)6-7-20-14-4-2-1-3-5-14/h1-5,8-10H,6-7H2. The number of para-hydroxylation sites is 1. The number of alkyl halides is 3. The van der Waals surface area contributed by atoms with Crippen LogP contribution in [0.5, 0.6) is 5.75 Å². The molecule has 0 amide bonds. The summed E-state index contributed by atoms with van der Waals surface area (Å²) in [7, 11) is 0. The summed E-state index contributed by atoms with van der Waals surface area (Å²) in [5.74, 6) is -0.269. The molecule has 0 saturated carbocycles. The van der Waals surface area contributed by atoms with Crippen molar-refractivity contribution in [3.05, 3.63) is 65.5 Å². The lowest BCUT2D eigenvalue weighted by atomic mass is 10.1. The minimum absolute atomic E-state index is 0.185. The van der Waals surface area contributed by atoms with Gasteiger partial charge in [-0.05, 0) is 35.9 Å². The van der Waals surface area contributed by atoms with Gasteiger partial charge < -0.3 is 4.74 Å². The second kappa shape index (κ2) is 5.94. The fourth-order valence-corrected chi connectivity index (χ4v) is 1.76. The van der Waals surface area contributed by atoms with Crippen molar-refractivity contribution in [1.29, 1.82) is 0 Å². The summed E-state index contributed by atoms with van der Waals surface area (Å²) in [6, 6.07) is 11.4. The van der Waals surface area contributed by atoms with E-state index in [4.69, 9.17) is 4.74 Å². The van der Waals surface area contributed by atoms with Gasteiger partial charge >= 0.3 is 6.18 Å². The molecule has 0 aliphatic rings. The largest absolute Gasteiger partial charge is 0.493 e. The monoisotopic (exact) mass is 284 g/mol. The Hall–Kier alpha value is -2.04. The molecule has 2 rings (SSSR count). The Labute approximate surface area is 113 Å². The van der Waals surface area contributed by atoms with Crippen LogP contribution in [-0.4, -0.2) is 6.61 Å². The molecule has 0 atom stereocenters. The van der Waals surface area contributed by atoms with Crippen molar-refractivity contribution in [2.45, 2.75) is 12.6 Å². The van der Waals surface area contributed by atoms with Gasteiger partial charge in [-0.15, -0.1) is 0 Å². The van der Waals surface area contributed by atoms with E-state index in [1.54, 1.807) is 24.3 Å². The van der Waals surface area contributed by atoms with Gasteiger partial charge in [0.1, 0.15) is 11.6 Å². The van der Waals surface area contributed by atoms with Gasteiger partial charge in [-0.2, -0.15) is 13.2 Å². The molecular formula is C15H12F4O. The molecule has 0 N–H and O–H groups in total. The molecule has 0 aromatic heterocycles. The minimum atomic E-state index is -4.54. The second-order valence-electron chi connectivity index (χ2n) is 4.26. The van der Waals surface area contributed by atoms with Crippen LogP contribution in [0.3, 0.4) is 0 Å².